The summed E-state index contributed by atoms with van der Waals surface area (Å²) in [6.07, 6.45) is -2.85. The summed E-state index contributed by atoms with van der Waals surface area (Å²) in [6.45, 7) is 1.18. The zero-order chi connectivity index (χ0) is 16.8. The number of aliphatic hydroxyl groups is 5. The monoisotopic (exact) mass is 332 g/mol. The normalized spacial score (nSPS) is 53.0. The van der Waals surface area contributed by atoms with Gasteiger partial charge in [0.1, 0.15) is 24.4 Å². The van der Waals surface area contributed by atoms with Crippen LogP contribution in [0.5, 0.6) is 0 Å². The van der Waals surface area contributed by atoms with Gasteiger partial charge >= 0.3 is 0 Å². The van der Waals surface area contributed by atoms with Crippen LogP contribution in [-0.4, -0.2) is 74.7 Å². The highest BCUT2D eigenvalue weighted by Gasteiger charge is 2.52. The molecule has 0 aromatic carbocycles. The number of rotatable bonds is 3. The van der Waals surface area contributed by atoms with Gasteiger partial charge in [-0.1, -0.05) is 0 Å². The average molecular weight is 332 g/mol. The fourth-order valence-corrected chi connectivity index (χ4v) is 3.71. The van der Waals surface area contributed by atoms with Crippen LogP contribution in [0.3, 0.4) is 0 Å². The summed E-state index contributed by atoms with van der Waals surface area (Å²) in [4.78, 5) is 0. The molecule has 2 fully saturated rings. The van der Waals surface area contributed by atoms with E-state index in [1.54, 1.807) is 6.92 Å². The molecule has 3 aliphatic rings. The fraction of sp³-hybridized carbons (Fsp3) is 0.867. The van der Waals surface area contributed by atoms with Crippen molar-refractivity contribution in [2.24, 2.45) is 11.8 Å². The van der Waals surface area contributed by atoms with Gasteiger partial charge in [0.25, 0.3) is 0 Å². The van der Waals surface area contributed by atoms with E-state index in [-0.39, 0.29) is 11.8 Å². The molecular weight excluding hydrogens is 308 g/mol. The van der Waals surface area contributed by atoms with Crippen molar-refractivity contribution in [1.29, 1.82) is 0 Å². The molecule has 1 aliphatic carbocycles. The van der Waals surface area contributed by atoms with E-state index in [2.05, 4.69) is 0 Å². The van der Waals surface area contributed by atoms with Crippen molar-refractivity contribution in [3.63, 3.8) is 0 Å². The van der Waals surface area contributed by atoms with Gasteiger partial charge < -0.3 is 39.7 Å². The van der Waals surface area contributed by atoms with Crippen molar-refractivity contribution < 1.29 is 39.7 Å². The van der Waals surface area contributed by atoms with Crippen LogP contribution in [0.1, 0.15) is 19.8 Å². The van der Waals surface area contributed by atoms with Gasteiger partial charge in [0, 0.05) is 0 Å². The van der Waals surface area contributed by atoms with Gasteiger partial charge in [-0.25, -0.2) is 0 Å². The maximum absolute atomic E-state index is 10.5. The summed E-state index contributed by atoms with van der Waals surface area (Å²) in [5, 5.41) is 49.4. The number of aliphatic hydroxyl groups excluding tert-OH is 4. The van der Waals surface area contributed by atoms with Gasteiger partial charge in [0.05, 0.1) is 24.4 Å². The third-order valence-electron chi connectivity index (χ3n) is 5.11. The number of fused-ring (bicyclic) bond motifs is 1. The maximum atomic E-state index is 10.5. The minimum Gasteiger partial charge on any atom is -0.472 e. The Morgan fingerprint density at radius 3 is 2.61 bits per heavy atom. The second-order valence-corrected chi connectivity index (χ2v) is 6.75. The lowest BCUT2D eigenvalue weighted by Crippen LogP contribution is -2.60. The van der Waals surface area contributed by atoms with E-state index in [4.69, 9.17) is 14.2 Å². The van der Waals surface area contributed by atoms with Gasteiger partial charge in [-0.3, -0.25) is 0 Å². The van der Waals surface area contributed by atoms with Gasteiger partial charge in [-0.05, 0) is 31.8 Å². The first-order chi connectivity index (χ1) is 10.8. The quantitative estimate of drug-likeness (QED) is 0.420. The van der Waals surface area contributed by atoms with E-state index in [1.165, 1.54) is 6.26 Å². The third kappa shape index (κ3) is 3.00. The lowest BCUT2D eigenvalue weighted by atomic mass is 9.85. The van der Waals surface area contributed by atoms with E-state index in [0.717, 1.165) is 6.42 Å². The Morgan fingerprint density at radius 2 is 1.91 bits per heavy atom. The Kier molecular flexibility index (Phi) is 4.67. The molecule has 8 nitrogen and oxygen atoms in total. The van der Waals surface area contributed by atoms with Crippen LogP contribution in [0.2, 0.25) is 0 Å². The van der Waals surface area contributed by atoms with Crippen LogP contribution in [-0.2, 0) is 14.2 Å². The van der Waals surface area contributed by atoms with Crippen LogP contribution >= 0.6 is 0 Å². The van der Waals surface area contributed by atoms with E-state index < -0.39 is 49.2 Å². The molecule has 3 rings (SSSR count). The van der Waals surface area contributed by atoms with Gasteiger partial charge in [-0.15, -0.1) is 0 Å². The standard InChI is InChI=1S/C15H24O8/c1-15(20)4-2-7-3-5-21-13(9(7)15)23-14-12(19)11(18)10(17)8(6-16)22-14/h3,5,7-14,16-20H,2,4,6H2,1H3/t7-,8+,9-,10+,11-,12+,13+,14+,15+/m1/s1. The minimum atomic E-state index is -1.51. The largest absolute Gasteiger partial charge is 0.472 e. The van der Waals surface area contributed by atoms with Crippen molar-refractivity contribution in [2.45, 2.75) is 62.4 Å². The Balaban J connectivity index is 1.74. The fourth-order valence-electron chi connectivity index (χ4n) is 3.71. The number of ether oxygens (including phenoxy) is 3. The first kappa shape index (κ1) is 17.1. The van der Waals surface area contributed by atoms with Crippen molar-refractivity contribution in [3.8, 4) is 0 Å². The molecule has 132 valence electrons. The molecule has 2 aliphatic heterocycles. The molecule has 0 amide bonds. The van der Waals surface area contributed by atoms with Gasteiger partial charge in [-0.2, -0.15) is 0 Å². The molecule has 0 aromatic rings. The van der Waals surface area contributed by atoms with Crippen LogP contribution in [0, 0.1) is 11.8 Å². The van der Waals surface area contributed by atoms with Crippen molar-refractivity contribution in [1.82, 2.24) is 0 Å². The molecule has 0 radical (unpaired) electrons. The molecule has 0 unspecified atom stereocenters. The lowest BCUT2D eigenvalue weighted by Gasteiger charge is -2.43. The van der Waals surface area contributed by atoms with Gasteiger partial charge in [0.2, 0.25) is 6.29 Å². The molecule has 0 spiro atoms. The molecule has 8 heteroatoms. The van der Waals surface area contributed by atoms with Crippen molar-refractivity contribution in [3.05, 3.63) is 12.3 Å². The van der Waals surface area contributed by atoms with Crippen LogP contribution in [0.15, 0.2) is 12.3 Å². The van der Waals surface area contributed by atoms with Crippen LogP contribution in [0.25, 0.3) is 0 Å². The molecule has 9 atom stereocenters. The summed E-state index contributed by atoms with van der Waals surface area (Å²) >= 11 is 0. The topological polar surface area (TPSA) is 129 Å². The molecule has 2 heterocycles. The highest BCUT2D eigenvalue weighted by molar-refractivity contribution is 5.06. The molecular formula is C15H24O8. The van der Waals surface area contributed by atoms with E-state index in [1.807, 2.05) is 6.08 Å². The lowest BCUT2D eigenvalue weighted by molar-refractivity contribution is -0.345. The van der Waals surface area contributed by atoms with E-state index >= 15 is 0 Å². The summed E-state index contributed by atoms with van der Waals surface area (Å²) in [7, 11) is 0. The highest BCUT2D eigenvalue weighted by Crippen LogP contribution is 2.46. The summed E-state index contributed by atoms with van der Waals surface area (Å²) < 4.78 is 16.4. The Labute approximate surface area is 133 Å². The molecule has 0 bridgehead atoms. The second kappa shape index (κ2) is 6.29. The SMILES string of the molecule is C[C@]1(O)CC[C@@H]2C=CO[C@@H](O[C@@H]3O[C@@H](CO)[C@H](O)[C@@H](O)[C@@H]3O)[C@@H]21. The van der Waals surface area contributed by atoms with Crippen molar-refractivity contribution >= 4 is 0 Å². The van der Waals surface area contributed by atoms with Crippen molar-refractivity contribution in [2.75, 3.05) is 6.61 Å². The highest BCUT2D eigenvalue weighted by atomic mass is 16.8. The predicted octanol–water partition coefficient (Wildman–Crippen LogP) is -1.55. The zero-order valence-corrected chi connectivity index (χ0v) is 12.9. The number of hydrogen-bond acceptors (Lipinski definition) is 8. The Bertz CT molecular complexity index is 451. The summed E-state index contributed by atoms with van der Waals surface area (Å²) in [5.74, 6) is -0.242. The Hall–Kier alpha value is -0.740. The minimum absolute atomic E-state index is 0.0913. The molecule has 5 N–H and O–H groups in total. The molecule has 1 saturated heterocycles. The smallest absolute Gasteiger partial charge is 0.207 e. The predicted molar refractivity (Wildman–Crippen MR) is 75.7 cm³/mol. The van der Waals surface area contributed by atoms with E-state index in [9.17, 15) is 25.5 Å². The van der Waals surface area contributed by atoms with Crippen LogP contribution in [0.4, 0.5) is 0 Å². The first-order valence-electron chi connectivity index (χ1n) is 7.85. The van der Waals surface area contributed by atoms with Gasteiger partial charge in [0.15, 0.2) is 6.29 Å². The third-order valence-corrected chi connectivity index (χ3v) is 5.11. The summed E-state index contributed by atoms with van der Waals surface area (Å²) in [6, 6.07) is 0. The molecule has 23 heavy (non-hydrogen) atoms. The zero-order valence-electron chi connectivity index (χ0n) is 12.9. The first-order valence-corrected chi connectivity index (χ1v) is 7.85. The number of allylic oxidation sites excluding steroid dienone is 1. The molecule has 0 aromatic heterocycles. The second-order valence-electron chi connectivity index (χ2n) is 6.75. The maximum Gasteiger partial charge on any atom is 0.207 e. The number of hydrogen-bond donors (Lipinski definition) is 5. The summed E-state index contributed by atoms with van der Waals surface area (Å²) in [5.41, 5.74) is -0.978. The Morgan fingerprint density at radius 1 is 1.17 bits per heavy atom. The van der Waals surface area contributed by atoms with E-state index in [0.29, 0.717) is 6.42 Å². The van der Waals surface area contributed by atoms with Crippen LogP contribution < -0.4 is 0 Å². The average Bonchev–Trinajstić information content (AvgIpc) is 2.84. The molecule has 1 saturated carbocycles.